The highest BCUT2D eigenvalue weighted by atomic mass is 35.6. The fourth-order valence-electron chi connectivity index (χ4n) is 2.35. The molecule has 0 bridgehead atoms. The lowest BCUT2D eigenvalue weighted by atomic mass is 10.1. The molecule has 1 N–H and O–H groups in total. The Hall–Kier alpha value is 0.750. The van der Waals surface area contributed by atoms with E-state index in [0.29, 0.717) is 6.42 Å². The lowest BCUT2D eigenvalue weighted by Gasteiger charge is -2.11. The van der Waals surface area contributed by atoms with E-state index in [4.69, 9.17) is 5.11 Å². The van der Waals surface area contributed by atoms with E-state index in [1.165, 1.54) is 70.6 Å². The van der Waals surface area contributed by atoms with E-state index >= 15 is 0 Å². The van der Waals surface area contributed by atoms with E-state index in [2.05, 4.69) is 100 Å². The number of alkyl halides is 14. The number of carbonyl (C=O) groups is 1. The van der Waals surface area contributed by atoms with Gasteiger partial charge in [0.15, 0.2) is 0 Å². The minimum absolute atomic E-state index is 0.332. The van der Waals surface area contributed by atoms with E-state index in [0.717, 1.165) is 12.8 Å². The zero-order valence-electron chi connectivity index (χ0n) is 20.7. The fourth-order valence-corrected chi connectivity index (χ4v) is 2.35. The molecule has 0 amide bonds. The first-order chi connectivity index (χ1) is 17.0. The van der Waals surface area contributed by atoms with Crippen molar-refractivity contribution in [3.8, 4) is 0 Å². The Morgan fingerprint density at radius 3 is 1.16 bits per heavy atom. The Balaban J connectivity index is -0.000000260. The van der Waals surface area contributed by atoms with Crippen LogP contribution in [0.15, 0.2) is 12.2 Å². The normalized spacial score (nSPS) is 12.1. The first-order valence-electron chi connectivity index (χ1n) is 11.5. The standard InChI is InChI=1S/C18H34O2.C2Cl2F4.CCl3F.CCl2F2/c1-2-3-4-5-6-7-8-9-10-11-12-13-14-15-16-17-18(19)20;3-1(4,5)2(6,7)8;2*2-1(3,4)5/h9-10H,2-8,11-17H2,1H3,(H,19,20);;;. The fraction of sp³-hybridized carbons (Fsp3) is 0.864. The second-order valence-corrected chi connectivity index (χ2v) is 12.1. The third-order valence-electron chi connectivity index (χ3n) is 3.97. The van der Waals surface area contributed by atoms with Gasteiger partial charge in [0.05, 0.1) is 0 Å². The SMILES string of the molecule is CCCCCCCCC=CCCCCCCCC(=O)O.FC(Cl)(Cl)Cl.FC(F)(Cl)Cl.FC(F)(F)C(F)(Cl)Cl. The summed E-state index contributed by atoms with van der Waals surface area (Å²) in [7, 11) is 0. The molecule has 0 heterocycles. The summed E-state index contributed by atoms with van der Waals surface area (Å²) in [6, 6.07) is 0. The number of aliphatic carboxylic acids is 1. The van der Waals surface area contributed by atoms with Gasteiger partial charge in [-0.15, -0.1) is 0 Å². The first-order valence-corrected chi connectivity index (χ1v) is 14.2. The van der Waals surface area contributed by atoms with Crippen LogP contribution in [0.5, 0.6) is 0 Å². The largest absolute Gasteiger partial charge is 0.481 e. The maximum atomic E-state index is 11.3. The molecule has 0 aromatic rings. The number of unbranched alkanes of at least 4 members (excludes halogenated alkanes) is 11. The van der Waals surface area contributed by atoms with Crippen LogP contribution >= 0.6 is 81.2 Å². The van der Waals surface area contributed by atoms with Crippen LogP contribution in [0.4, 0.5) is 30.7 Å². The number of hydrogen-bond donors (Lipinski definition) is 1. The minimum atomic E-state index is -5.20. The summed E-state index contributed by atoms with van der Waals surface area (Å²) in [6.07, 6.45) is 16.0. The second kappa shape index (κ2) is 26.6. The summed E-state index contributed by atoms with van der Waals surface area (Å²) < 4.78 is 69.5. The molecule has 0 radical (unpaired) electrons. The molecule has 0 unspecified atom stereocenters. The van der Waals surface area contributed by atoms with E-state index in [9.17, 15) is 35.5 Å². The molecule has 38 heavy (non-hydrogen) atoms. The molecule has 0 saturated heterocycles. The van der Waals surface area contributed by atoms with Gasteiger partial charge in [-0.05, 0) is 90.1 Å². The molecule has 2 nitrogen and oxygen atoms in total. The summed E-state index contributed by atoms with van der Waals surface area (Å²) >= 11 is 29.1. The third kappa shape index (κ3) is 65.6. The van der Waals surface area contributed by atoms with Crippen LogP contribution in [-0.2, 0) is 4.79 Å². The Morgan fingerprint density at radius 2 is 0.895 bits per heavy atom. The smallest absolute Gasteiger partial charge is 0.452 e. The number of carboxylic acid groups (broad SMARTS) is 1. The predicted octanol–water partition coefficient (Wildman–Crippen LogP) is 13.1. The summed E-state index contributed by atoms with van der Waals surface area (Å²) in [5.41, 5.74) is 0. The van der Waals surface area contributed by atoms with Crippen LogP contribution in [0, 0.1) is 0 Å². The average molecular weight is 712 g/mol. The van der Waals surface area contributed by atoms with Gasteiger partial charge in [0.25, 0.3) is 0 Å². The van der Waals surface area contributed by atoms with Crippen LogP contribution < -0.4 is 0 Å². The molecule has 0 rings (SSSR count). The molecule has 16 heteroatoms. The zero-order chi connectivity index (χ0) is 30.9. The van der Waals surface area contributed by atoms with Crippen LogP contribution in [0.25, 0.3) is 0 Å². The molecule has 232 valence electrons. The Bertz CT molecular complexity index is 528. The van der Waals surface area contributed by atoms with E-state index in [1.807, 2.05) is 0 Å². The maximum Gasteiger partial charge on any atom is 0.452 e. The Kier molecular flexibility index (Phi) is 32.1. The summed E-state index contributed by atoms with van der Waals surface area (Å²) in [5.74, 6) is -0.664. The van der Waals surface area contributed by atoms with Crippen molar-refractivity contribution in [2.24, 2.45) is 0 Å². The van der Waals surface area contributed by atoms with E-state index < -0.39 is 25.6 Å². The molecular formula is C22H34Cl7F7O2. The van der Waals surface area contributed by atoms with Crippen molar-refractivity contribution in [1.29, 1.82) is 0 Å². The minimum Gasteiger partial charge on any atom is -0.481 e. The van der Waals surface area contributed by atoms with Crippen LogP contribution in [0.3, 0.4) is 0 Å². The molecule has 0 fully saturated rings. The number of rotatable bonds is 15. The maximum absolute atomic E-state index is 11.3. The van der Waals surface area contributed by atoms with Gasteiger partial charge in [0, 0.05) is 6.42 Å². The van der Waals surface area contributed by atoms with Gasteiger partial charge in [-0.1, -0.05) is 93.6 Å². The Morgan fingerprint density at radius 1 is 0.632 bits per heavy atom. The summed E-state index contributed by atoms with van der Waals surface area (Å²) in [4.78, 5) is 6.77. The van der Waals surface area contributed by atoms with Crippen molar-refractivity contribution >= 4 is 87.2 Å². The molecule has 0 aliphatic rings. The predicted molar refractivity (Wildman–Crippen MR) is 147 cm³/mol. The highest BCUT2D eigenvalue weighted by molar-refractivity contribution is 6.66. The van der Waals surface area contributed by atoms with Crippen molar-refractivity contribution in [1.82, 2.24) is 0 Å². The molecule has 0 aromatic heterocycles. The van der Waals surface area contributed by atoms with Gasteiger partial charge in [0.2, 0.25) is 0 Å². The van der Waals surface area contributed by atoms with Crippen molar-refractivity contribution in [3.63, 3.8) is 0 Å². The number of carboxylic acids is 1. The van der Waals surface area contributed by atoms with Gasteiger partial charge < -0.3 is 5.11 Å². The number of allylic oxidation sites excluding steroid dienone is 2. The molecule has 0 spiro atoms. The molecule has 0 aromatic carbocycles. The molecule has 0 atom stereocenters. The van der Waals surface area contributed by atoms with E-state index in [-0.39, 0.29) is 0 Å². The van der Waals surface area contributed by atoms with Crippen molar-refractivity contribution in [3.05, 3.63) is 12.2 Å². The zero-order valence-corrected chi connectivity index (χ0v) is 26.0. The summed E-state index contributed by atoms with van der Waals surface area (Å²) in [5, 5.41) is 8.51. The monoisotopic (exact) mass is 708 g/mol. The van der Waals surface area contributed by atoms with Gasteiger partial charge >= 0.3 is 25.6 Å². The second-order valence-electron chi connectivity index (χ2n) is 7.58. The molecule has 0 saturated carbocycles. The average Bonchev–Trinajstić information content (AvgIpc) is 2.67. The molecule has 0 aliphatic heterocycles. The van der Waals surface area contributed by atoms with Crippen molar-refractivity contribution in [2.75, 3.05) is 0 Å². The quantitative estimate of drug-likeness (QED) is 0.0795. The van der Waals surface area contributed by atoms with Gasteiger partial charge in [-0.2, -0.15) is 30.7 Å². The Labute approximate surface area is 255 Å². The van der Waals surface area contributed by atoms with Crippen molar-refractivity contribution in [2.45, 2.75) is 116 Å². The molecular weight excluding hydrogens is 677 g/mol. The number of halogens is 14. The summed E-state index contributed by atoms with van der Waals surface area (Å²) in [6.45, 7) is 2.26. The lowest BCUT2D eigenvalue weighted by Crippen LogP contribution is -2.28. The molecule has 0 aliphatic carbocycles. The van der Waals surface area contributed by atoms with Gasteiger partial charge in [-0.3, -0.25) is 4.79 Å². The van der Waals surface area contributed by atoms with Gasteiger partial charge in [-0.25, -0.2) is 0 Å². The van der Waals surface area contributed by atoms with E-state index in [1.54, 1.807) is 0 Å². The topological polar surface area (TPSA) is 37.3 Å². The first kappa shape index (κ1) is 45.7. The van der Waals surface area contributed by atoms with Crippen molar-refractivity contribution < 1.29 is 40.6 Å². The number of hydrogen-bond acceptors (Lipinski definition) is 1. The van der Waals surface area contributed by atoms with Crippen LogP contribution in [0.1, 0.15) is 96.8 Å². The highest BCUT2D eigenvalue weighted by Gasteiger charge is 2.53. The van der Waals surface area contributed by atoms with Crippen LogP contribution in [0.2, 0.25) is 0 Å². The highest BCUT2D eigenvalue weighted by Crippen LogP contribution is 2.40. The van der Waals surface area contributed by atoms with Gasteiger partial charge in [0.1, 0.15) is 0 Å². The lowest BCUT2D eigenvalue weighted by molar-refractivity contribution is -0.170. The van der Waals surface area contributed by atoms with Crippen LogP contribution in [-0.4, -0.2) is 30.7 Å². The third-order valence-corrected chi connectivity index (χ3v) is 4.40.